The first-order chi connectivity index (χ1) is 22.2. The molecule has 214 valence electrons. The molecule has 45 heavy (non-hydrogen) atoms. The Morgan fingerprint density at radius 2 is 0.911 bits per heavy atom. The highest BCUT2D eigenvalue weighted by molar-refractivity contribution is 7.80. The van der Waals surface area contributed by atoms with E-state index in [9.17, 15) is 5.26 Å². The standard InChI is InChI=1S/C40H28N3OP/c41-29-38-39(32-20-10-3-11-21-32)42-45(36-22-12-4-13-23-36,37-24-14-5-15-25-37)43-40(38)44-35-27-33(30-16-6-1-7-17-30)26-34(28-35)31-18-8-2-9-19-31/h1-28H. The largest absolute Gasteiger partial charge is 0.438 e. The van der Waals surface area contributed by atoms with Crippen LogP contribution in [0.2, 0.25) is 0 Å². The highest BCUT2D eigenvalue weighted by atomic mass is 31.2. The van der Waals surface area contributed by atoms with Crippen molar-refractivity contribution in [1.82, 2.24) is 0 Å². The zero-order valence-electron chi connectivity index (χ0n) is 24.4. The second kappa shape index (κ2) is 12.5. The average molecular weight is 598 g/mol. The molecule has 0 N–H and O–H groups in total. The van der Waals surface area contributed by atoms with Crippen molar-refractivity contribution < 1.29 is 4.74 Å². The molecule has 0 fully saturated rings. The van der Waals surface area contributed by atoms with E-state index in [1.165, 1.54) is 0 Å². The van der Waals surface area contributed by atoms with Crippen LogP contribution in [0.4, 0.5) is 0 Å². The average Bonchev–Trinajstić information content (AvgIpc) is 3.13. The first kappa shape index (κ1) is 28.0. The molecule has 0 spiro atoms. The van der Waals surface area contributed by atoms with Crippen LogP contribution in [0.25, 0.3) is 22.3 Å². The van der Waals surface area contributed by atoms with Gasteiger partial charge in [-0.2, -0.15) is 10.0 Å². The van der Waals surface area contributed by atoms with E-state index in [0.29, 0.717) is 17.0 Å². The van der Waals surface area contributed by atoms with Gasteiger partial charge in [-0.3, -0.25) is 0 Å². The van der Waals surface area contributed by atoms with Crippen LogP contribution in [0.1, 0.15) is 5.56 Å². The summed E-state index contributed by atoms with van der Waals surface area (Å²) in [7, 11) is -2.82. The summed E-state index contributed by atoms with van der Waals surface area (Å²) in [6.07, 6.45) is 0. The highest BCUT2D eigenvalue weighted by Gasteiger charge is 2.33. The van der Waals surface area contributed by atoms with E-state index in [1.807, 2.05) is 115 Å². The molecule has 0 aromatic heterocycles. The Morgan fingerprint density at radius 1 is 0.489 bits per heavy atom. The summed E-state index contributed by atoms with van der Waals surface area (Å²) < 4.78 is 17.5. The van der Waals surface area contributed by atoms with Crippen molar-refractivity contribution in [3.8, 4) is 34.1 Å². The van der Waals surface area contributed by atoms with E-state index in [4.69, 9.17) is 14.2 Å². The molecule has 0 bridgehead atoms. The second-order valence-electron chi connectivity index (χ2n) is 10.6. The van der Waals surface area contributed by atoms with Crippen LogP contribution >= 0.6 is 7.21 Å². The van der Waals surface area contributed by atoms with Crippen molar-refractivity contribution in [2.75, 3.05) is 0 Å². The van der Waals surface area contributed by atoms with Crippen molar-refractivity contribution in [3.63, 3.8) is 0 Å². The van der Waals surface area contributed by atoms with Crippen LogP contribution in [0, 0.1) is 11.3 Å². The zero-order chi connectivity index (χ0) is 30.5. The van der Waals surface area contributed by atoms with Crippen LogP contribution < -0.4 is 15.3 Å². The van der Waals surface area contributed by atoms with Gasteiger partial charge in [0, 0.05) is 16.2 Å². The number of nitrogens with zero attached hydrogens (tertiary/aromatic N) is 3. The number of ether oxygens (including phenoxy) is 1. The number of benzene rings is 6. The Hall–Kier alpha value is -5.75. The Kier molecular flexibility index (Phi) is 7.77. The van der Waals surface area contributed by atoms with Gasteiger partial charge in [-0.15, -0.1) is 0 Å². The van der Waals surface area contributed by atoms with Gasteiger partial charge in [0.2, 0.25) is 5.88 Å². The van der Waals surface area contributed by atoms with E-state index >= 15 is 0 Å². The number of hydrogen-bond donors (Lipinski definition) is 0. The minimum absolute atomic E-state index is 0.261. The van der Waals surface area contributed by atoms with Crippen LogP contribution in [0.5, 0.6) is 5.75 Å². The molecule has 0 saturated heterocycles. The van der Waals surface area contributed by atoms with E-state index in [0.717, 1.165) is 38.4 Å². The summed E-state index contributed by atoms with van der Waals surface area (Å²) in [6, 6.07) is 59.2. The van der Waals surface area contributed by atoms with Crippen molar-refractivity contribution in [2.24, 2.45) is 9.51 Å². The maximum Gasteiger partial charge on any atom is 0.240 e. The lowest BCUT2D eigenvalue weighted by atomic mass is 9.98. The Bertz CT molecular complexity index is 2020. The summed E-state index contributed by atoms with van der Waals surface area (Å²) in [5.41, 5.74) is 5.86. The number of hydrogen-bond acceptors (Lipinski definition) is 4. The van der Waals surface area contributed by atoms with Crippen molar-refractivity contribution in [3.05, 3.63) is 187 Å². The van der Waals surface area contributed by atoms with Gasteiger partial charge in [0.15, 0.2) is 0 Å². The quantitative estimate of drug-likeness (QED) is 0.172. The monoisotopic (exact) mass is 597 g/mol. The van der Waals surface area contributed by atoms with Crippen molar-refractivity contribution in [2.45, 2.75) is 0 Å². The van der Waals surface area contributed by atoms with E-state index < -0.39 is 7.21 Å². The van der Waals surface area contributed by atoms with Gasteiger partial charge in [-0.05, 0) is 40.5 Å². The van der Waals surface area contributed by atoms with Crippen molar-refractivity contribution in [1.29, 1.82) is 5.26 Å². The Morgan fingerprint density at radius 3 is 1.36 bits per heavy atom. The molecule has 6 aromatic carbocycles. The molecular formula is C40H28N3OP. The molecule has 5 heteroatoms. The fourth-order valence-electron chi connectivity index (χ4n) is 5.49. The van der Waals surface area contributed by atoms with Gasteiger partial charge in [0.1, 0.15) is 24.6 Å². The molecule has 0 radical (unpaired) electrons. The SMILES string of the molecule is N#CC1=C(Oc2cc(-c3ccccc3)cc(-c3ccccc3)c2)N=P(c2ccccc2)(c2ccccc2)N=C1c1ccccc1. The third kappa shape index (κ3) is 5.66. The van der Waals surface area contributed by atoms with E-state index in [2.05, 4.69) is 60.7 Å². The molecule has 0 saturated carbocycles. The molecule has 0 atom stereocenters. The summed E-state index contributed by atoms with van der Waals surface area (Å²) >= 11 is 0. The number of nitriles is 1. The van der Waals surface area contributed by atoms with Crippen molar-refractivity contribution >= 4 is 23.5 Å². The highest BCUT2D eigenvalue weighted by Crippen LogP contribution is 2.54. The minimum Gasteiger partial charge on any atom is -0.438 e. The molecule has 7 rings (SSSR count). The summed E-state index contributed by atoms with van der Waals surface area (Å²) in [4.78, 5) is 0. The molecule has 6 aromatic rings. The van der Waals surface area contributed by atoms with Gasteiger partial charge in [-0.1, -0.05) is 152 Å². The molecule has 1 heterocycles. The molecule has 0 aliphatic carbocycles. The molecule has 1 aliphatic heterocycles. The van der Waals surface area contributed by atoms with E-state index in [1.54, 1.807) is 0 Å². The Balaban J connectivity index is 1.48. The molecule has 4 nitrogen and oxygen atoms in total. The molecule has 0 amide bonds. The van der Waals surface area contributed by atoms with Gasteiger partial charge < -0.3 is 4.74 Å². The van der Waals surface area contributed by atoms with E-state index in [-0.39, 0.29) is 5.88 Å². The van der Waals surface area contributed by atoms with Gasteiger partial charge >= 0.3 is 0 Å². The first-order valence-corrected chi connectivity index (χ1v) is 16.4. The summed E-state index contributed by atoms with van der Waals surface area (Å²) in [6.45, 7) is 0. The second-order valence-corrected chi connectivity index (χ2v) is 13.2. The van der Waals surface area contributed by atoms with Gasteiger partial charge in [0.25, 0.3) is 0 Å². The molecular weight excluding hydrogens is 569 g/mol. The fraction of sp³-hybridized carbons (Fsp3) is 0. The summed E-state index contributed by atoms with van der Waals surface area (Å²) in [5.74, 6) is 0.854. The lowest BCUT2D eigenvalue weighted by Gasteiger charge is -2.27. The third-order valence-electron chi connectivity index (χ3n) is 7.66. The normalized spacial score (nSPS) is 13.7. The predicted molar refractivity (Wildman–Crippen MR) is 185 cm³/mol. The fourth-order valence-corrected chi connectivity index (χ4v) is 8.38. The first-order valence-electron chi connectivity index (χ1n) is 14.7. The number of rotatable bonds is 7. The lowest BCUT2D eigenvalue weighted by molar-refractivity contribution is 0.420. The summed E-state index contributed by atoms with van der Waals surface area (Å²) in [5, 5.41) is 12.6. The van der Waals surface area contributed by atoms with Crippen LogP contribution in [0.15, 0.2) is 191 Å². The molecule has 0 unspecified atom stereocenters. The lowest BCUT2D eigenvalue weighted by Crippen LogP contribution is -2.21. The smallest absolute Gasteiger partial charge is 0.240 e. The zero-order valence-corrected chi connectivity index (χ0v) is 25.3. The topological polar surface area (TPSA) is 57.7 Å². The van der Waals surface area contributed by atoms with Crippen LogP contribution in [-0.4, -0.2) is 5.71 Å². The minimum atomic E-state index is -2.82. The van der Waals surface area contributed by atoms with Crippen LogP contribution in [0.3, 0.4) is 0 Å². The Labute approximate surface area is 263 Å². The predicted octanol–water partition coefficient (Wildman–Crippen LogP) is 9.40. The third-order valence-corrected chi connectivity index (χ3v) is 10.7. The van der Waals surface area contributed by atoms with Gasteiger partial charge in [-0.25, -0.2) is 4.76 Å². The molecule has 1 aliphatic rings. The maximum atomic E-state index is 10.6. The maximum absolute atomic E-state index is 10.6. The van der Waals surface area contributed by atoms with Gasteiger partial charge in [0.05, 0.1) is 5.71 Å². The number of allylic oxidation sites excluding steroid dienone is 1. The van der Waals surface area contributed by atoms with Crippen LogP contribution in [-0.2, 0) is 0 Å².